The van der Waals surface area contributed by atoms with Gasteiger partial charge in [-0.15, -0.1) is 0 Å². The number of hydrogen-bond acceptors (Lipinski definition) is 4. The minimum Gasteiger partial charge on any atom is -0.389 e. The number of nitrogens with zero attached hydrogens (tertiary/aromatic N) is 1. The van der Waals surface area contributed by atoms with Gasteiger partial charge >= 0.3 is 0 Å². The Balaban J connectivity index is 1.43. The van der Waals surface area contributed by atoms with Crippen LogP contribution in [0.15, 0.2) is 53.0 Å². The number of aliphatic hydroxyl groups is 1. The van der Waals surface area contributed by atoms with Crippen LogP contribution in [0.4, 0.5) is 0 Å². The van der Waals surface area contributed by atoms with Gasteiger partial charge in [-0.05, 0) is 30.2 Å². The van der Waals surface area contributed by atoms with E-state index in [-0.39, 0.29) is 6.10 Å². The number of morpholine rings is 1. The summed E-state index contributed by atoms with van der Waals surface area (Å²) in [5.74, 6) is 0. The summed E-state index contributed by atoms with van der Waals surface area (Å²) in [6.07, 6.45) is -0.455. The second-order valence-electron chi connectivity index (χ2n) is 6.83. The third-order valence-electron chi connectivity index (χ3n) is 4.54. The van der Waals surface area contributed by atoms with Crippen LogP contribution < -0.4 is 0 Å². The molecule has 2 unspecified atom stereocenters. The van der Waals surface area contributed by atoms with Crippen molar-refractivity contribution in [1.82, 2.24) is 4.90 Å². The lowest BCUT2D eigenvalue weighted by Gasteiger charge is -2.34. The molecule has 0 saturated carbocycles. The summed E-state index contributed by atoms with van der Waals surface area (Å²) < 4.78 is 12.6. The molecule has 1 aliphatic rings. The van der Waals surface area contributed by atoms with Crippen molar-refractivity contribution in [2.45, 2.75) is 25.7 Å². The maximum atomic E-state index is 10.3. The van der Waals surface area contributed by atoms with E-state index in [4.69, 9.17) is 9.47 Å². The largest absolute Gasteiger partial charge is 0.389 e. The third kappa shape index (κ3) is 5.89. The van der Waals surface area contributed by atoms with E-state index in [1.807, 2.05) is 12.1 Å². The van der Waals surface area contributed by atoms with E-state index in [2.05, 4.69) is 64.2 Å². The number of halogens is 1. The van der Waals surface area contributed by atoms with Gasteiger partial charge in [0, 0.05) is 24.1 Å². The molecular weight excluding hydrogens is 394 g/mol. The van der Waals surface area contributed by atoms with Gasteiger partial charge in [0.1, 0.15) is 0 Å². The van der Waals surface area contributed by atoms with E-state index in [9.17, 15) is 5.11 Å². The quantitative estimate of drug-likeness (QED) is 0.742. The topological polar surface area (TPSA) is 41.9 Å². The summed E-state index contributed by atoms with van der Waals surface area (Å²) >= 11 is 3.51. The zero-order valence-electron chi connectivity index (χ0n) is 15.1. The SMILES string of the molecule is Cc1ccc(COCC(O)CN2CCOC(c3cccc(Br)c3)C2)cc1. The van der Waals surface area contributed by atoms with Crippen LogP contribution in [0.1, 0.15) is 22.8 Å². The molecule has 0 radical (unpaired) electrons. The van der Waals surface area contributed by atoms with E-state index in [1.165, 1.54) is 5.56 Å². The van der Waals surface area contributed by atoms with Crippen molar-refractivity contribution in [3.05, 3.63) is 69.7 Å². The van der Waals surface area contributed by atoms with Crippen LogP contribution in [0, 0.1) is 6.92 Å². The van der Waals surface area contributed by atoms with E-state index in [1.54, 1.807) is 0 Å². The number of ether oxygens (including phenoxy) is 2. The Kier molecular flexibility index (Phi) is 7.23. The lowest BCUT2D eigenvalue weighted by molar-refractivity contribution is -0.0536. The molecule has 0 aromatic heterocycles. The standard InChI is InChI=1S/C21H26BrNO3/c1-16-5-7-17(8-6-16)14-25-15-20(24)12-23-9-10-26-21(13-23)18-3-2-4-19(22)11-18/h2-8,11,20-21,24H,9-10,12-15H2,1H3. The van der Waals surface area contributed by atoms with Gasteiger partial charge in [-0.25, -0.2) is 0 Å². The van der Waals surface area contributed by atoms with E-state index in [0.29, 0.717) is 26.4 Å². The summed E-state index contributed by atoms with van der Waals surface area (Å²) in [5, 5.41) is 10.3. The van der Waals surface area contributed by atoms with Crippen molar-refractivity contribution >= 4 is 15.9 Å². The van der Waals surface area contributed by atoms with Gasteiger partial charge < -0.3 is 14.6 Å². The normalized spacial score (nSPS) is 19.4. The van der Waals surface area contributed by atoms with Crippen LogP contribution in [0.5, 0.6) is 0 Å². The molecule has 3 rings (SSSR count). The number of β-amino-alcohol motifs (C(OH)–C–C–N with tert-alkyl or cyclic N) is 1. The highest BCUT2D eigenvalue weighted by Gasteiger charge is 2.23. The Labute approximate surface area is 163 Å². The summed E-state index contributed by atoms with van der Waals surface area (Å²) in [6, 6.07) is 16.5. The highest BCUT2D eigenvalue weighted by molar-refractivity contribution is 9.10. The summed E-state index contributed by atoms with van der Waals surface area (Å²) in [5.41, 5.74) is 3.53. The fourth-order valence-corrected chi connectivity index (χ4v) is 3.54. The molecule has 0 spiro atoms. The Hall–Kier alpha value is -1.24. The molecule has 26 heavy (non-hydrogen) atoms. The summed E-state index contributed by atoms with van der Waals surface area (Å²) in [4.78, 5) is 2.25. The highest BCUT2D eigenvalue weighted by Crippen LogP contribution is 2.24. The molecule has 0 bridgehead atoms. The number of rotatable bonds is 7. The predicted molar refractivity (Wildman–Crippen MR) is 106 cm³/mol. The Morgan fingerprint density at radius 1 is 1.27 bits per heavy atom. The molecule has 1 saturated heterocycles. The van der Waals surface area contributed by atoms with Crippen molar-refractivity contribution in [1.29, 1.82) is 0 Å². The average Bonchev–Trinajstić information content (AvgIpc) is 2.64. The van der Waals surface area contributed by atoms with Gasteiger partial charge in [-0.1, -0.05) is 57.9 Å². The fourth-order valence-electron chi connectivity index (χ4n) is 3.12. The van der Waals surface area contributed by atoms with Gasteiger partial charge in [-0.3, -0.25) is 4.90 Å². The zero-order chi connectivity index (χ0) is 18.4. The van der Waals surface area contributed by atoms with Crippen LogP contribution in [0.3, 0.4) is 0 Å². The van der Waals surface area contributed by atoms with E-state index < -0.39 is 6.10 Å². The second kappa shape index (κ2) is 9.62. The Morgan fingerprint density at radius 3 is 2.85 bits per heavy atom. The summed E-state index contributed by atoms with van der Waals surface area (Å²) in [7, 11) is 0. The smallest absolute Gasteiger partial charge is 0.0952 e. The van der Waals surface area contributed by atoms with Crippen LogP contribution in [0.25, 0.3) is 0 Å². The number of aryl methyl sites for hydroxylation is 1. The first-order valence-electron chi connectivity index (χ1n) is 9.01. The van der Waals surface area contributed by atoms with E-state index in [0.717, 1.165) is 28.7 Å². The van der Waals surface area contributed by atoms with Crippen molar-refractivity contribution in [3.63, 3.8) is 0 Å². The first-order chi connectivity index (χ1) is 12.6. The minimum atomic E-state index is -0.498. The molecule has 0 amide bonds. The Morgan fingerprint density at radius 2 is 2.08 bits per heavy atom. The lowest BCUT2D eigenvalue weighted by atomic mass is 10.1. The molecule has 2 aromatic carbocycles. The van der Waals surface area contributed by atoms with Gasteiger partial charge in [-0.2, -0.15) is 0 Å². The molecule has 2 aromatic rings. The van der Waals surface area contributed by atoms with Crippen LogP contribution in [0.2, 0.25) is 0 Å². The van der Waals surface area contributed by atoms with Gasteiger partial charge in [0.05, 0.1) is 32.0 Å². The minimum absolute atomic E-state index is 0.0435. The first-order valence-corrected chi connectivity index (χ1v) is 9.80. The molecule has 1 heterocycles. The Bertz CT molecular complexity index is 692. The molecule has 1 aliphatic heterocycles. The number of benzene rings is 2. The molecular formula is C21H26BrNO3. The van der Waals surface area contributed by atoms with Crippen molar-refractivity contribution < 1.29 is 14.6 Å². The van der Waals surface area contributed by atoms with Crippen molar-refractivity contribution in [2.24, 2.45) is 0 Å². The predicted octanol–water partition coefficient (Wildman–Crippen LogP) is 3.71. The maximum Gasteiger partial charge on any atom is 0.0952 e. The van der Waals surface area contributed by atoms with Crippen LogP contribution in [-0.4, -0.2) is 49.0 Å². The highest BCUT2D eigenvalue weighted by atomic mass is 79.9. The fraction of sp³-hybridized carbons (Fsp3) is 0.429. The molecule has 1 N–H and O–H groups in total. The molecule has 0 aliphatic carbocycles. The molecule has 4 nitrogen and oxygen atoms in total. The third-order valence-corrected chi connectivity index (χ3v) is 5.03. The van der Waals surface area contributed by atoms with Gasteiger partial charge in [0.2, 0.25) is 0 Å². The van der Waals surface area contributed by atoms with Gasteiger partial charge in [0.15, 0.2) is 0 Å². The number of aliphatic hydroxyl groups excluding tert-OH is 1. The molecule has 1 fully saturated rings. The second-order valence-corrected chi connectivity index (χ2v) is 7.74. The van der Waals surface area contributed by atoms with Gasteiger partial charge in [0.25, 0.3) is 0 Å². The molecule has 140 valence electrons. The monoisotopic (exact) mass is 419 g/mol. The molecule has 5 heteroatoms. The molecule has 2 atom stereocenters. The zero-order valence-corrected chi connectivity index (χ0v) is 16.7. The average molecular weight is 420 g/mol. The van der Waals surface area contributed by atoms with Crippen LogP contribution >= 0.6 is 15.9 Å². The number of hydrogen-bond donors (Lipinski definition) is 1. The summed E-state index contributed by atoms with van der Waals surface area (Å²) in [6.45, 7) is 5.83. The van der Waals surface area contributed by atoms with Crippen LogP contribution in [-0.2, 0) is 16.1 Å². The first kappa shape index (κ1) is 19.5. The van der Waals surface area contributed by atoms with E-state index >= 15 is 0 Å². The van der Waals surface area contributed by atoms with Crippen molar-refractivity contribution in [2.75, 3.05) is 32.8 Å². The maximum absolute atomic E-state index is 10.3. The van der Waals surface area contributed by atoms with Crippen molar-refractivity contribution in [3.8, 4) is 0 Å². The lowest BCUT2D eigenvalue weighted by Crippen LogP contribution is -2.43.